The Labute approximate surface area is 179 Å². The lowest BCUT2D eigenvalue weighted by atomic mass is 10.0. The van der Waals surface area contributed by atoms with Crippen LogP contribution in [0.1, 0.15) is 15.9 Å². The zero-order chi connectivity index (χ0) is 21.8. The number of ether oxygens (including phenoxy) is 1. The van der Waals surface area contributed by atoms with Crippen LogP contribution in [-0.4, -0.2) is 46.9 Å². The van der Waals surface area contributed by atoms with Crippen molar-refractivity contribution in [1.82, 2.24) is 10.3 Å². The van der Waals surface area contributed by atoms with E-state index in [0.717, 1.165) is 27.4 Å². The van der Waals surface area contributed by atoms with E-state index >= 15 is 0 Å². The second kappa shape index (κ2) is 9.07. The first-order valence-corrected chi connectivity index (χ1v) is 10.2. The van der Waals surface area contributed by atoms with E-state index in [1.807, 2.05) is 30.3 Å². The molecule has 4 rings (SSSR count). The first-order valence-electron chi connectivity index (χ1n) is 10.2. The number of rotatable bonds is 9. The van der Waals surface area contributed by atoms with Crippen molar-refractivity contribution in [2.45, 2.75) is 12.5 Å². The van der Waals surface area contributed by atoms with Crippen LogP contribution in [0, 0.1) is 0 Å². The molecule has 1 unspecified atom stereocenters. The molecule has 1 aromatic heterocycles. The number of aliphatic hydroxyl groups excluding tert-OH is 1. The van der Waals surface area contributed by atoms with Crippen LogP contribution in [0.5, 0.6) is 11.5 Å². The van der Waals surface area contributed by atoms with Crippen LogP contribution < -0.4 is 15.8 Å². The quantitative estimate of drug-likeness (QED) is 0.267. The first kappa shape index (κ1) is 20.7. The van der Waals surface area contributed by atoms with Gasteiger partial charge in [-0.05, 0) is 42.0 Å². The summed E-state index contributed by atoms with van der Waals surface area (Å²) in [6.45, 7) is 1.40. The van der Waals surface area contributed by atoms with Gasteiger partial charge in [0.1, 0.15) is 18.1 Å². The number of aromatic amines is 1. The van der Waals surface area contributed by atoms with Crippen LogP contribution in [0.2, 0.25) is 0 Å². The molecule has 0 aliphatic rings. The highest BCUT2D eigenvalue weighted by Gasteiger charge is 2.14. The zero-order valence-corrected chi connectivity index (χ0v) is 17.0. The van der Waals surface area contributed by atoms with Crippen molar-refractivity contribution in [3.63, 3.8) is 0 Å². The van der Waals surface area contributed by atoms with Gasteiger partial charge in [-0.2, -0.15) is 0 Å². The summed E-state index contributed by atoms with van der Waals surface area (Å²) in [5.41, 5.74) is 8.40. The third-order valence-corrected chi connectivity index (χ3v) is 5.25. The largest absolute Gasteiger partial charge is 0.507 e. The molecule has 0 saturated carbocycles. The van der Waals surface area contributed by atoms with Crippen molar-refractivity contribution < 1.29 is 19.7 Å². The van der Waals surface area contributed by atoms with Crippen molar-refractivity contribution in [2.24, 2.45) is 5.73 Å². The molecule has 7 nitrogen and oxygen atoms in total. The predicted molar refractivity (Wildman–Crippen MR) is 121 cm³/mol. The lowest BCUT2D eigenvalue weighted by Crippen LogP contribution is -2.31. The molecule has 0 aliphatic carbocycles. The number of carbonyl (C=O) groups excluding carboxylic acids is 1. The average Bonchev–Trinajstić information content (AvgIpc) is 3.16. The summed E-state index contributed by atoms with van der Waals surface area (Å²) >= 11 is 0. The Morgan fingerprint density at radius 2 is 1.87 bits per heavy atom. The Morgan fingerprint density at radius 1 is 1.10 bits per heavy atom. The minimum Gasteiger partial charge on any atom is -0.507 e. The van der Waals surface area contributed by atoms with E-state index in [1.54, 1.807) is 30.3 Å². The molecule has 4 aromatic rings. The Kier molecular flexibility index (Phi) is 6.06. The lowest BCUT2D eigenvalue weighted by molar-refractivity contribution is 0.1000. The average molecular weight is 419 g/mol. The van der Waals surface area contributed by atoms with Gasteiger partial charge in [-0.1, -0.05) is 24.3 Å². The van der Waals surface area contributed by atoms with Gasteiger partial charge in [0, 0.05) is 41.4 Å². The summed E-state index contributed by atoms with van der Waals surface area (Å²) in [5, 5.41) is 25.7. The Balaban J connectivity index is 1.30. The molecule has 160 valence electrons. The van der Waals surface area contributed by atoms with E-state index in [-0.39, 0.29) is 5.75 Å². The second-order valence-corrected chi connectivity index (χ2v) is 7.46. The van der Waals surface area contributed by atoms with Gasteiger partial charge in [0.05, 0.1) is 11.6 Å². The summed E-state index contributed by atoms with van der Waals surface area (Å²) in [4.78, 5) is 14.4. The number of nitrogens with two attached hydrogens (primary N) is 1. The van der Waals surface area contributed by atoms with Gasteiger partial charge in [-0.3, -0.25) is 4.79 Å². The fourth-order valence-electron chi connectivity index (χ4n) is 3.72. The standard InChI is InChI=1S/C24H25N3O4/c25-24(30)15-5-8-18(9-6-15)31-12-11-26-14-17(28)13-16-7-10-21(29)22-19-3-1-2-4-20(19)27-23(16)22/h1-10,17,26-29H,11-14H2,(H2,25,30). The molecule has 7 heteroatoms. The summed E-state index contributed by atoms with van der Waals surface area (Å²) in [7, 11) is 0. The van der Waals surface area contributed by atoms with Crippen LogP contribution in [0.15, 0.2) is 60.7 Å². The van der Waals surface area contributed by atoms with Gasteiger partial charge in [0.15, 0.2) is 0 Å². The maximum absolute atomic E-state index is 11.1. The van der Waals surface area contributed by atoms with E-state index in [1.165, 1.54) is 0 Å². The normalized spacial score (nSPS) is 12.3. The number of nitrogens with one attached hydrogen (secondary N) is 2. The number of H-pyrrole nitrogens is 1. The molecule has 1 heterocycles. The Hall–Kier alpha value is -3.55. The number of phenolic OH excluding ortho intramolecular Hbond substituents is 1. The van der Waals surface area contributed by atoms with Gasteiger partial charge in [0.2, 0.25) is 5.91 Å². The first-order chi connectivity index (χ1) is 15.0. The number of primary amides is 1. The van der Waals surface area contributed by atoms with Gasteiger partial charge in [-0.25, -0.2) is 0 Å². The van der Waals surface area contributed by atoms with Crippen LogP contribution in [0.25, 0.3) is 21.8 Å². The molecule has 0 saturated heterocycles. The molecule has 31 heavy (non-hydrogen) atoms. The summed E-state index contributed by atoms with van der Waals surface area (Å²) in [5.74, 6) is 0.406. The molecule has 1 atom stereocenters. The number of aliphatic hydroxyl groups is 1. The molecular formula is C24H25N3O4. The minimum atomic E-state index is -0.589. The molecule has 6 N–H and O–H groups in total. The summed E-state index contributed by atoms with van der Waals surface area (Å²) < 4.78 is 5.62. The predicted octanol–water partition coefficient (Wildman–Crippen LogP) is 2.70. The van der Waals surface area contributed by atoms with Gasteiger partial charge in [-0.15, -0.1) is 0 Å². The van der Waals surface area contributed by atoms with Gasteiger partial charge < -0.3 is 31.0 Å². The van der Waals surface area contributed by atoms with E-state index in [2.05, 4.69) is 10.3 Å². The van der Waals surface area contributed by atoms with Crippen molar-refractivity contribution in [2.75, 3.05) is 19.7 Å². The summed E-state index contributed by atoms with van der Waals surface area (Å²) in [6, 6.07) is 18.0. The van der Waals surface area contributed by atoms with Crippen LogP contribution in [-0.2, 0) is 6.42 Å². The molecule has 3 aromatic carbocycles. The van der Waals surface area contributed by atoms with Gasteiger partial charge in [0.25, 0.3) is 0 Å². The van der Waals surface area contributed by atoms with E-state index < -0.39 is 12.0 Å². The highest BCUT2D eigenvalue weighted by molar-refractivity contribution is 6.11. The number of hydrogen-bond acceptors (Lipinski definition) is 5. The Morgan fingerprint density at radius 3 is 2.65 bits per heavy atom. The van der Waals surface area contributed by atoms with Crippen molar-refractivity contribution in [3.8, 4) is 11.5 Å². The fraction of sp³-hybridized carbons (Fsp3) is 0.208. The van der Waals surface area contributed by atoms with Crippen molar-refractivity contribution in [3.05, 3.63) is 71.8 Å². The number of para-hydroxylation sites is 1. The molecule has 0 radical (unpaired) electrons. The van der Waals surface area contributed by atoms with Crippen molar-refractivity contribution >= 4 is 27.7 Å². The maximum atomic E-state index is 11.1. The molecule has 1 amide bonds. The number of fused-ring (bicyclic) bond motifs is 3. The summed E-state index contributed by atoms with van der Waals surface area (Å²) in [6.07, 6.45) is -0.138. The molecule has 0 fully saturated rings. The van der Waals surface area contributed by atoms with E-state index in [4.69, 9.17) is 10.5 Å². The number of carbonyl (C=O) groups is 1. The topological polar surface area (TPSA) is 121 Å². The minimum absolute atomic E-state index is 0.227. The molecule has 0 bridgehead atoms. The van der Waals surface area contributed by atoms with E-state index in [0.29, 0.717) is 37.4 Å². The number of aromatic nitrogens is 1. The highest BCUT2D eigenvalue weighted by Crippen LogP contribution is 2.34. The van der Waals surface area contributed by atoms with E-state index in [9.17, 15) is 15.0 Å². The highest BCUT2D eigenvalue weighted by atomic mass is 16.5. The molecule has 0 aliphatic heterocycles. The monoisotopic (exact) mass is 419 g/mol. The Bertz CT molecular complexity index is 1200. The maximum Gasteiger partial charge on any atom is 0.248 e. The smallest absolute Gasteiger partial charge is 0.248 e. The SMILES string of the molecule is NC(=O)c1ccc(OCCNCC(O)Cc2ccc(O)c3c2[nH]c2ccccc23)cc1. The van der Waals surface area contributed by atoms with Crippen LogP contribution >= 0.6 is 0 Å². The number of amides is 1. The van der Waals surface area contributed by atoms with Crippen molar-refractivity contribution in [1.29, 1.82) is 0 Å². The number of aromatic hydroxyl groups is 1. The number of benzene rings is 3. The molecule has 0 spiro atoms. The number of hydrogen-bond donors (Lipinski definition) is 5. The molecular weight excluding hydrogens is 394 g/mol. The zero-order valence-electron chi connectivity index (χ0n) is 17.0. The third-order valence-electron chi connectivity index (χ3n) is 5.25. The third kappa shape index (κ3) is 4.63. The van der Waals surface area contributed by atoms with Crippen LogP contribution in [0.3, 0.4) is 0 Å². The lowest BCUT2D eigenvalue weighted by Gasteiger charge is -2.13. The van der Waals surface area contributed by atoms with Gasteiger partial charge >= 0.3 is 0 Å². The van der Waals surface area contributed by atoms with Crippen LogP contribution in [0.4, 0.5) is 0 Å². The number of phenols is 1. The fourth-order valence-corrected chi connectivity index (χ4v) is 3.72. The second-order valence-electron chi connectivity index (χ2n) is 7.46.